The van der Waals surface area contributed by atoms with Gasteiger partial charge in [-0.3, -0.25) is 0 Å². The monoisotopic (exact) mass is 267 g/mol. The lowest BCUT2D eigenvalue weighted by atomic mass is 10.3. The third-order valence-corrected chi connectivity index (χ3v) is 2.09. The van der Waals surface area contributed by atoms with Gasteiger partial charge in [0.2, 0.25) is 6.10 Å². The minimum atomic E-state index is -5.44. The van der Waals surface area contributed by atoms with Crippen molar-refractivity contribution < 1.29 is 31.1 Å². The maximum Gasteiger partial charge on any atom is 0.423 e. The number of halogens is 6. The second kappa shape index (κ2) is 6.44. The summed E-state index contributed by atoms with van der Waals surface area (Å²) >= 11 is 0. The molecule has 1 atom stereocenters. The van der Waals surface area contributed by atoms with Crippen molar-refractivity contribution in [3.63, 3.8) is 0 Å². The molecule has 0 aliphatic carbocycles. The van der Waals surface area contributed by atoms with Gasteiger partial charge in [0, 0.05) is 12.6 Å². The van der Waals surface area contributed by atoms with Gasteiger partial charge in [0.05, 0.1) is 6.61 Å². The number of hydrogen-bond donors (Lipinski definition) is 1. The van der Waals surface area contributed by atoms with Crippen LogP contribution in [0.25, 0.3) is 0 Å². The van der Waals surface area contributed by atoms with E-state index in [4.69, 9.17) is 0 Å². The van der Waals surface area contributed by atoms with Crippen molar-refractivity contribution in [3.8, 4) is 0 Å². The quantitative estimate of drug-likeness (QED) is 0.590. The van der Waals surface area contributed by atoms with Crippen molar-refractivity contribution in [2.24, 2.45) is 0 Å². The Morgan fingerprint density at radius 1 is 1.06 bits per heavy atom. The van der Waals surface area contributed by atoms with E-state index in [0.29, 0.717) is 0 Å². The number of alkyl halides is 6. The molecule has 0 radical (unpaired) electrons. The number of nitrogens with one attached hydrogen (secondary N) is 1. The van der Waals surface area contributed by atoms with E-state index in [-0.39, 0.29) is 12.6 Å². The Bertz CT molecular complexity index is 201. The number of hydrogen-bond acceptors (Lipinski definition) is 2. The normalized spacial score (nSPS) is 15.4. The maximum atomic E-state index is 12.0. The predicted molar refractivity (Wildman–Crippen MR) is 49.6 cm³/mol. The van der Waals surface area contributed by atoms with E-state index < -0.39 is 25.1 Å². The molecule has 0 amide bonds. The molecule has 0 heterocycles. The highest BCUT2D eigenvalue weighted by molar-refractivity contribution is 4.76. The molecule has 17 heavy (non-hydrogen) atoms. The summed E-state index contributed by atoms with van der Waals surface area (Å²) in [5, 5.41) is 2.73. The Morgan fingerprint density at radius 3 is 1.88 bits per heavy atom. The minimum absolute atomic E-state index is 0.0221. The first-order valence-electron chi connectivity index (χ1n) is 5.07. The van der Waals surface area contributed by atoms with Crippen LogP contribution in [-0.2, 0) is 4.74 Å². The topological polar surface area (TPSA) is 21.3 Å². The van der Waals surface area contributed by atoms with Crippen molar-refractivity contribution in [1.29, 1.82) is 0 Å². The summed E-state index contributed by atoms with van der Waals surface area (Å²) < 4.78 is 75.9. The molecule has 1 unspecified atom stereocenters. The number of rotatable bonds is 6. The Hall–Kier alpha value is -0.500. The van der Waals surface area contributed by atoms with Crippen LogP contribution in [0.1, 0.15) is 20.3 Å². The SMILES string of the molecule is CCC(C)NCCOC(C(F)(F)F)C(F)(F)F. The van der Waals surface area contributed by atoms with Crippen molar-refractivity contribution in [2.45, 2.75) is 44.8 Å². The highest BCUT2D eigenvalue weighted by atomic mass is 19.4. The first-order chi connectivity index (χ1) is 7.59. The summed E-state index contributed by atoms with van der Waals surface area (Å²) in [6, 6.07) is 0.0221. The average molecular weight is 267 g/mol. The molecule has 0 fully saturated rings. The lowest BCUT2D eigenvalue weighted by Gasteiger charge is -2.23. The van der Waals surface area contributed by atoms with Crippen LogP contribution < -0.4 is 5.32 Å². The average Bonchev–Trinajstić information content (AvgIpc) is 2.12. The van der Waals surface area contributed by atoms with Crippen molar-refractivity contribution in [3.05, 3.63) is 0 Å². The first-order valence-corrected chi connectivity index (χ1v) is 5.07. The van der Waals surface area contributed by atoms with E-state index >= 15 is 0 Å². The van der Waals surface area contributed by atoms with E-state index in [9.17, 15) is 26.3 Å². The summed E-state index contributed by atoms with van der Waals surface area (Å²) in [6.07, 6.45) is -13.9. The highest BCUT2D eigenvalue weighted by Gasteiger charge is 2.57. The van der Waals surface area contributed by atoms with Crippen LogP contribution in [0.4, 0.5) is 26.3 Å². The Balaban J connectivity index is 4.12. The molecule has 0 saturated carbocycles. The zero-order valence-electron chi connectivity index (χ0n) is 9.45. The molecule has 0 saturated heterocycles. The molecule has 0 aromatic rings. The van der Waals surface area contributed by atoms with E-state index in [1.807, 2.05) is 6.92 Å². The predicted octanol–water partition coefficient (Wildman–Crippen LogP) is 2.88. The first kappa shape index (κ1) is 16.5. The molecular formula is C9H15F6NO. The van der Waals surface area contributed by atoms with Crippen LogP contribution in [0.15, 0.2) is 0 Å². The van der Waals surface area contributed by atoms with E-state index in [2.05, 4.69) is 10.1 Å². The zero-order valence-corrected chi connectivity index (χ0v) is 9.45. The summed E-state index contributed by atoms with van der Waals surface area (Å²) in [4.78, 5) is 0. The second-order valence-corrected chi connectivity index (χ2v) is 3.60. The van der Waals surface area contributed by atoms with Gasteiger partial charge in [-0.2, -0.15) is 26.3 Å². The maximum absolute atomic E-state index is 12.0. The summed E-state index contributed by atoms with van der Waals surface area (Å²) in [6.45, 7) is 2.91. The molecule has 8 heteroatoms. The van der Waals surface area contributed by atoms with E-state index in [1.54, 1.807) is 6.92 Å². The van der Waals surface area contributed by atoms with Crippen LogP contribution in [0.5, 0.6) is 0 Å². The highest BCUT2D eigenvalue weighted by Crippen LogP contribution is 2.35. The van der Waals surface area contributed by atoms with Gasteiger partial charge in [0.15, 0.2) is 0 Å². The van der Waals surface area contributed by atoms with E-state index in [1.165, 1.54) is 0 Å². The molecular weight excluding hydrogens is 252 g/mol. The van der Waals surface area contributed by atoms with Crippen molar-refractivity contribution in [1.82, 2.24) is 5.32 Å². The standard InChI is InChI=1S/C9H15F6NO/c1-3-6(2)16-4-5-17-7(8(10,11)12)9(13,14)15/h6-7,16H,3-5H2,1-2H3. The third-order valence-electron chi connectivity index (χ3n) is 2.09. The van der Waals surface area contributed by atoms with Gasteiger partial charge in [-0.25, -0.2) is 0 Å². The molecule has 0 rings (SSSR count). The van der Waals surface area contributed by atoms with Crippen LogP contribution in [-0.4, -0.2) is 37.7 Å². The summed E-state index contributed by atoms with van der Waals surface area (Å²) in [7, 11) is 0. The second-order valence-electron chi connectivity index (χ2n) is 3.60. The van der Waals surface area contributed by atoms with Crippen molar-refractivity contribution in [2.75, 3.05) is 13.2 Å². The number of ether oxygens (including phenoxy) is 1. The lowest BCUT2D eigenvalue weighted by molar-refractivity contribution is -0.321. The fourth-order valence-electron chi connectivity index (χ4n) is 1.00. The molecule has 0 aliphatic rings. The molecule has 0 aromatic heterocycles. The van der Waals surface area contributed by atoms with Gasteiger partial charge >= 0.3 is 12.4 Å². The molecule has 104 valence electrons. The van der Waals surface area contributed by atoms with Crippen LogP contribution in [0.3, 0.4) is 0 Å². The van der Waals surface area contributed by atoms with Crippen LogP contribution in [0.2, 0.25) is 0 Å². The van der Waals surface area contributed by atoms with Crippen LogP contribution in [0, 0.1) is 0 Å². The fourth-order valence-corrected chi connectivity index (χ4v) is 1.00. The Labute approximate surface area is 95.3 Å². The van der Waals surface area contributed by atoms with Gasteiger partial charge in [-0.05, 0) is 13.3 Å². The van der Waals surface area contributed by atoms with Crippen LogP contribution >= 0.6 is 0 Å². The van der Waals surface area contributed by atoms with Gasteiger partial charge in [0.1, 0.15) is 0 Å². The van der Waals surface area contributed by atoms with Crippen molar-refractivity contribution >= 4 is 0 Å². The largest absolute Gasteiger partial charge is 0.423 e. The Kier molecular flexibility index (Phi) is 6.25. The van der Waals surface area contributed by atoms with Gasteiger partial charge < -0.3 is 10.1 Å². The third kappa shape index (κ3) is 6.72. The zero-order chi connectivity index (χ0) is 13.7. The smallest absolute Gasteiger partial charge is 0.360 e. The lowest BCUT2D eigenvalue weighted by Crippen LogP contribution is -2.45. The van der Waals surface area contributed by atoms with Gasteiger partial charge in [-0.1, -0.05) is 6.92 Å². The van der Waals surface area contributed by atoms with Gasteiger partial charge in [-0.15, -0.1) is 0 Å². The summed E-state index contributed by atoms with van der Waals surface area (Å²) in [5.74, 6) is 0. The molecule has 2 nitrogen and oxygen atoms in total. The molecule has 0 bridgehead atoms. The Morgan fingerprint density at radius 2 is 1.53 bits per heavy atom. The minimum Gasteiger partial charge on any atom is -0.360 e. The molecule has 0 spiro atoms. The fraction of sp³-hybridized carbons (Fsp3) is 1.00. The molecule has 1 N–H and O–H groups in total. The molecule has 0 aromatic carbocycles. The summed E-state index contributed by atoms with van der Waals surface area (Å²) in [5.41, 5.74) is 0. The van der Waals surface area contributed by atoms with Gasteiger partial charge in [0.25, 0.3) is 0 Å². The molecule has 0 aliphatic heterocycles. The van der Waals surface area contributed by atoms with E-state index in [0.717, 1.165) is 6.42 Å².